The molecule has 10 heavy (non-hydrogen) atoms. The summed E-state index contributed by atoms with van der Waals surface area (Å²) in [4.78, 5) is 0. The third-order valence-corrected chi connectivity index (χ3v) is 2.42. The molecule has 0 bridgehead atoms. The summed E-state index contributed by atoms with van der Waals surface area (Å²) in [6.45, 7) is 1.88. The van der Waals surface area contributed by atoms with Gasteiger partial charge in [-0.2, -0.15) is 0 Å². The van der Waals surface area contributed by atoms with E-state index in [2.05, 4.69) is 0 Å². The lowest BCUT2D eigenvalue weighted by atomic mass is 9.96. The minimum absolute atomic E-state index is 0.0527. The maximum absolute atomic E-state index is 9.50. The van der Waals surface area contributed by atoms with Crippen molar-refractivity contribution in [3.63, 3.8) is 0 Å². The molecule has 0 aliphatic heterocycles. The molecule has 0 radical (unpaired) electrons. The van der Waals surface area contributed by atoms with Crippen LogP contribution in [0.4, 0.5) is 0 Å². The summed E-state index contributed by atoms with van der Waals surface area (Å²) in [5, 5.41) is 9.50. The third-order valence-electron chi connectivity index (χ3n) is 2.42. The van der Waals surface area contributed by atoms with Gasteiger partial charge in [-0.05, 0) is 25.7 Å². The fourth-order valence-corrected chi connectivity index (χ4v) is 1.73. The molecule has 0 aromatic rings. The quantitative estimate of drug-likeness (QED) is 0.603. The molecule has 2 atom stereocenters. The average Bonchev–Trinajstić information content (AvgIpc) is 2.36. The van der Waals surface area contributed by atoms with E-state index in [4.69, 9.17) is 5.73 Å². The van der Waals surface area contributed by atoms with Gasteiger partial charge in [-0.1, -0.05) is 12.8 Å². The Morgan fingerprint density at radius 1 is 1.40 bits per heavy atom. The molecule has 0 heterocycles. The second-order valence-corrected chi connectivity index (χ2v) is 3.39. The molecule has 3 N–H and O–H groups in total. The highest BCUT2D eigenvalue weighted by Crippen LogP contribution is 2.28. The summed E-state index contributed by atoms with van der Waals surface area (Å²) < 4.78 is 0. The molecule has 0 saturated heterocycles. The summed E-state index contributed by atoms with van der Waals surface area (Å²) in [6, 6.07) is -0.0527. The van der Waals surface area contributed by atoms with Crippen molar-refractivity contribution in [1.29, 1.82) is 0 Å². The lowest BCUT2D eigenvalue weighted by Crippen LogP contribution is -2.36. The molecule has 2 heteroatoms. The van der Waals surface area contributed by atoms with Crippen LogP contribution < -0.4 is 5.73 Å². The van der Waals surface area contributed by atoms with Gasteiger partial charge in [-0.25, -0.2) is 0 Å². The Bertz CT molecular complexity index is 97.4. The lowest BCUT2D eigenvalue weighted by molar-refractivity contribution is 0.0902. The average molecular weight is 143 g/mol. The van der Waals surface area contributed by atoms with E-state index in [1.54, 1.807) is 0 Å². The number of aliphatic hydroxyl groups excluding tert-OH is 1. The zero-order valence-corrected chi connectivity index (χ0v) is 6.59. The molecule has 1 aliphatic carbocycles. The lowest BCUT2D eigenvalue weighted by Gasteiger charge is -2.20. The second kappa shape index (κ2) is 3.35. The molecule has 0 amide bonds. The number of hydrogen-bond acceptors (Lipinski definition) is 2. The Hall–Kier alpha value is -0.0800. The van der Waals surface area contributed by atoms with Gasteiger partial charge in [0.25, 0.3) is 0 Å². The van der Waals surface area contributed by atoms with Crippen molar-refractivity contribution in [1.82, 2.24) is 0 Å². The van der Waals surface area contributed by atoms with E-state index >= 15 is 0 Å². The van der Waals surface area contributed by atoms with Crippen LogP contribution in [0.5, 0.6) is 0 Å². The maximum atomic E-state index is 9.50. The zero-order valence-electron chi connectivity index (χ0n) is 6.59. The summed E-state index contributed by atoms with van der Waals surface area (Å²) in [5.74, 6) is 0.486. The highest BCUT2D eigenvalue weighted by atomic mass is 16.3. The molecule has 1 fully saturated rings. The predicted octanol–water partition coefficient (Wildman–Crippen LogP) is 0.885. The number of aliphatic hydroxyl groups is 1. The van der Waals surface area contributed by atoms with Crippen LogP contribution in [0.3, 0.4) is 0 Å². The van der Waals surface area contributed by atoms with E-state index in [9.17, 15) is 5.11 Å². The van der Waals surface area contributed by atoms with Crippen molar-refractivity contribution >= 4 is 0 Å². The standard InChI is InChI=1S/C8H17NO/c1-6(9)8(10)7-4-2-3-5-7/h6-8,10H,2-5,9H2,1H3/t6-,8+/m0/s1. The van der Waals surface area contributed by atoms with Crippen molar-refractivity contribution in [2.45, 2.75) is 44.8 Å². The smallest absolute Gasteiger partial charge is 0.0716 e. The van der Waals surface area contributed by atoms with Gasteiger partial charge in [0, 0.05) is 6.04 Å². The molecule has 0 aromatic carbocycles. The Labute approximate surface area is 62.4 Å². The molecule has 1 rings (SSSR count). The first kappa shape index (κ1) is 8.02. The van der Waals surface area contributed by atoms with Gasteiger partial charge in [0.2, 0.25) is 0 Å². The third kappa shape index (κ3) is 1.70. The fraction of sp³-hybridized carbons (Fsp3) is 1.00. The molecule has 2 nitrogen and oxygen atoms in total. The predicted molar refractivity (Wildman–Crippen MR) is 41.6 cm³/mol. The van der Waals surface area contributed by atoms with Gasteiger partial charge < -0.3 is 10.8 Å². The summed E-state index contributed by atoms with van der Waals surface area (Å²) in [6.07, 6.45) is 4.62. The largest absolute Gasteiger partial charge is 0.391 e. The van der Waals surface area contributed by atoms with Crippen molar-refractivity contribution in [3.05, 3.63) is 0 Å². The van der Waals surface area contributed by atoms with Gasteiger partial charge in [-0.15, -0.1) is 0 Å². The summed E-state index contributed by atoms with van der Waals surface area (Å²) >= 11 is 0. The van der Waals surface area contributed by atoms with E-state index in [-0.39, 0.29) is 12.1 Å². The van der Waals surface area contributed by atoms with Crippen LogP contribution in [0.15, 0.2) is 0 Å². The zero-order chi connectivity index (χ0) is 7.56. The fourth-order valence-electron chi connectivity index (χ4n) is 1.73. The first-order valence-corrected chi connectivity index (χ1v) is 4.15. The molecule has 0 aromatic heterocycles. The Morgan fingerprint density at radius 2 is 1.90 bits per heavy atom. The normalized spacial score (nSPS) is 26.7. The molecular weight excluding hydrogens is 126 g/mol. The molecule has 60 valence electrons. The van der Waals surface area contributed by atoms with Crippen LogP contribution in [-0.4, -0.2) is 17.3 Å². The van der Waals surface area contributed by atoms with E-state index in [0.29, 0.717) is 5.92 Å². The molecule has 0 unspecified atom stereocenters. The van der Waals surface area contributed by atoms with E-state index < -0.39 is 0 Å². The minimum Gasteiger partial charge on any atom is -0.391 e. The molecule has 1 saturated carbocycles. The van der Waals surface area contributed by atoms with Crippen LogP contribution in [0.25, 0.3) is 0 Å². The van der Waals surface area contributed by atoms with E-state index in [1.165, 1.54) is 25.7 Å². The Kier molecular flexibility index (Phi) is 2.69. The number of hydrogen-bond donors (Lipinski definition) is 2. The van der Waals surface area contributed by atoms with Crippen LogP contribution in [0, 0.1) is 5.92 Å². The van der Waals surface area contributed by atoms with Crippen molar-refractivity contribution < 1.29 is 5.11 Å². The number of rotatable bonds is 2. The van der Waals surface area contributed by atoms with Crippen molar-refractivity contribution in [2.75, 3.05) is 0 Å². The highest BCUT2D eigenvalue weighted by Gasteiger charge is 2.25. The number of nitrogens with two attached hydrogens (primary N) is 1. The van der Waals surface area contributed by atoms with Crippen LogP contribution >= 0.6 is 0 Å². The molecular formula is C8H17NO. The van der Waals surface area contributed by atoms with Gasteiger partial charge in [0.15, 0.2) is 0 Å². The van der Waals surface area contributed by atoms with Gasteiger partial charge in [0.1, 0.15) is 0 Å². The first-order valence-electron chi connectivity index (χ1n) is 4.15. The monoisotopic (exact) mass is 143 g/mol. The van der Waals surface area contributed by atoms with Gasteiger partial charge in [-0.3, -0.25) is 0 Å². The van der Waals surface area contributed by atoms with Crippen molar-refractivity contribution in [3.8, 4) is 0 Å². The highest BCUT2D eigenvalue weighted by molar-refractivity contribution is 4.79. The van der Waals surface area contributed by atoms with Crippen LogP contribution in [-0.2, 0) is 0 Å². The molecule has 1 aliphatic rings. The Balaban J connectivity index is 2.32. The first-order chi connectivity index (χ1) is 4.72. The maximum Gasteiger partial charge on any atom is 0.0716 e. The summed E-state index contributed by atoms with van der Waals surface area (Å²) in [5.41, 5.74) is 5.57. The van der Waals surface area contributed by atoms with Crippen LogP contribution in [0.2, 0.25) is 0 Å². The summed E-state index contributed by atoms with van der Waals surface area (Å²) in [7, 11) is 0. The molecule has 0 spiro atoms. The van der Waals surface area contributed by atoms with E-state index in [0.717, 1.165) is 0 Å². The topological polar surface area (TPSA) is 46.2 Å². The van der Waals surface area contributed by atoms with Gasteiger partial charge in [0.05, 0.1) is 6.10 Å². The SMILES string of the molecule is C[C@H](N)[C@@H](O)C1CCCC1. The minimum atomic E-state index is -0.262. The van der Waals surface area contributed by atoms with Gasteiger partial charge >= 0.3 is 0 Å². The van der Waals surface area contributed by atoms with Crippen molar-refractivity contribution in [2.24, 2.45) is 11.7 Å². The Morgan fingerprint density at radius 3 is 2.30 bits per heavy atom. The van der Waals surface area contributed by atoms with Crippen LogP contribution in [0.1, 0.15) is 32.6 Å². The van der Waals surface area contributed by atoms with E-state index in [1.807, 2.05) is 6.92 Å². The second-order valence-electron chi connectivity index (χ2n) is 3.39.